The number of nitrogens with zero attached hydrogens (tertiary/aromatic N) is 3. The fraction of sp³-hybridized carbons (Fsp3) is 0.357. The first kappa shape index (κ1) is 15.2. The number of alkyl halides is 3. The van der Waals surface area contributed by atoms with Crippen LogP contribution in [0.25, 0.3) is 0 Å². The molecule has 0 aliphatic heterocycles. The Hall–Kier alpha value is -2.18. The molecule has 2 aromatic rings. The topological polar surface area (TPSA) is 50.7 Å². The molecule has 0 aromatic carbocycles. The molecule has 0 aliphatic carbocycles. The van der Waals surface area contributed by atoms with E-state index < -0.39 is 11.9 Å². The van der Waals surface area contributed by atoms with E-state index in [0.29, 0.717) is 0 Å². The number of halogens is 3. The van der Waals surface area contributed by atoms with Gasteiger partial charge in [0, 0.05) is 12.4 Å². The minimum absolute atomic E-state index is 0.0609. The Morgan fingerprint density at radius 1 is 1.05 bits per heavy atom. The Balaban J connectivity index is 2.26. The highest BCUT2D eigenvalue weighted by molar-refractivity contribution is 5.31. The van der Waals surface area contributed by atoms with E-state index >= 15 is 0 Å². The van der Waals surface area contributed by atoms with Gasteiger partial charge < -0.3 is 5.32 Å². The minimum atomic E-state index is -4.49. The first-order valence-electron chi connectivity index (χ1n) is 6.45. The van der Waals surface area contributed by atoms with Gasteiger partial charge in [0.25, 0.3) is 0 Å². The molecule has 112 valence electrons. The van der Waals surface area contributed by atoms with Crippen molar-refractivity contribution in [1.29, 1.82) is 0 Å². The third-order valence-electron chi connectivity index (χ3n) is 2.90. The minimum Gasteiger partial charge on any atom is -0.346 e. The maximum absolute atomic E-state index is 12.7. The van der Waals surface area contributed by atoms with E-state index in [1.54, 1.807) is 12.3 Å². The Morgan fingerprint density at radius 2 is 1.81 bits per heavy atom. The van der Waals surface area contributed by atoms with Crippen LogP contribution in [0, 0.1) is 5.92 Å². The SMILES string of the molecule is CC(C)[C@H](Nc1nccc(C(F)(F)F)n1)c1ccccn1. The van der Waals surface area contributed by atoms with Gasteiger partial charge in [0.2, 0.25) is 5.95 Å². The highest BCUT2D eigenvalue weighted by atomic mass is 19.4. The van der Waals surface area contributed by atoms with E-state index in [9.17, 15) is 13.2 Å². The molecule has 7 heteroatoms. The van der Waals surface area contributed by atoms with Gasteiger partial charge in [-0.25, -0.2) is 9.97 Å². The largest absolute Gasteiger partial charge is 0.433 e. The van der Waals surface area contributed by atoms with Crippen molar-refractivity contribution in [3.63, 3.8) is 0 Å². The molecule has 4 nitrogen and oxygen atoms in total. The van der Waals surface area contributed by atoms with Gasteiger partial charge in [-0.15, -0.1) is 0 Å². The highest BCUT2D eigenvalue weighted by Crippen LogP contribution is 2.29. The van der Waals surface area contributed by atoms with E-state index in [1.165, 1.54) is 0 Å². The molecule has 0 fully saturated rings. The second-order valence-corrected chi connectivity index (χ2v) is 4.88. The summed E-state index contributed by atoms with van der Waals surface area (Å²) >= 11 is 0. The first-order valence-corrected chi connectivity index (χ1v) is 6.45. The summed E-state index contributed by atoms with van der Waals surface area (Å²) in [5.74, 6) is 0.0484. The van der Waals surface area contributed by atoms with Gasteiger partial charge in [-0.3, -0.25) is 4.98 Å². The molecule has 0 saturated heterocycles. The van der Waals surface area contributed by atoms with Crippen LogP contribution in [0.3, 0.4) is 0 Å². The van der Waals surface area contributed by atoms with Crippen LogP contribution in [0.2, 0.25) is 0 Å². The van der Waals surface area contributed by atoms with Crippen molar-refractivity contribution in [2.45, 2.75) is 26.1 Å². The van der Waals surface area contributed by atoms with Crippen molar-refractivity contribution in [2.24, 2.45) is 5.92 Å². The van der Waals surface area contributed by atoms with Gasteiger partial charge in [-0.2, -0.15) is 13.2 Å². The number of rotatable bonds is 4. The average Bonchev–Trinajstić information content (AvgIpc) is 2.45. The molecule has 0 bridgehead atoms. The molecule has 0 radical (unpaired) electrons. The van der Waals surface area contributed by atoms with Crippen molar-refractivity contribution in [2.75, 3.05) is 5.32 Å². The highest BCUT2D eigenvalue weighted by Gasteiger charge is 2.33. The van der Waals surface area contributed by atoms with Crippen LogP contribution in [0.15, 0.2) is 36.7 Å². The van der Waals surface area contributed by atoms with Crippen LogP contribution >= 0.6 is 0 Å². The lowest BCUT2D eigenvalue weighted by molar-refractivity contribution is -0.141. The lowest BCUT2D eigenvalue weighted by Crippen LogP contribution is -2.20. The molecule has 2 rings (SSSR count). The van der Waals surface area contributed by atoms with Gasteiger partial charge in [0.15, 0.2) is 0 Å². The van der Waals surface area contributed by atoms with E-state index in [1.807, 2.05) is 26.0 Å². The molecule has 0 spiro atoms. The molecule has 0 amide bonds. The summed E-state index contributed by atoms with van der Waals surface area (Å²) in [4.78, 5) is 11.6. The summed E-state index contributed by atoms with van der Waals surface area (Å²) in [7, 11) is 0. The normalized spacial score (nSPS) is 13.2. The fourth-order valence-electron chi connectivity index (χ4n) is 1.87. The molecular formula is C14H15F3N4. The summed E-state index contributed by atoms with van der Waals surface area (Å²) in [6, 6.07) is 5.99. The van der Waals surface area contributed by atoms with Crippen LogP contribution in [0.5, 0.6) is 0 Å². The molecule has 2 aromatic heterocycles. The van der Waals surface area contributed by atoms with Crippen LogP contribution in [-0.2, 0) is 6.18 Å². The Morgan fingerprint density at radius 3 is 2.38 bits per heavy atom. The van der Waals surface area contributed by atoms with E-state index in [0.717, 1.165) is 18.0 Å². The number of hydrogen-bond acceptors (Lipinski definition) is 4. The van der Waals surface area contributed by atoms with Crippen molar-refractivity contribution >= 4 is 5.95 Å². The third-order valence-corrected chi connectivity index (χ3v) is 2.90. The lowest BCUT2D eigenvalue weighted by atomic mass is 10.0. The molecule has 0 aliphatic rings. The summed E-state index contributed by atoms with van der Waals surface area (Å²) < 4.78 is 38.0. The maximum atomic E-state index is 12.7. The molecular weight excluding hydrogens is 281 g/mol. The zero-order valence-corrected chi connectivity index (χ0v) is 11.6. The van der Waals surface area contributed by atoms with Gasteiger partial charge in [0.05, 0.1) is 11.7 Å². The van der Waals surface area contributed by atoms with E-state index in [4.69, 9.17) is 0 Å². The molecule has 1 N–H and O–H groups in total. The second kappa shape index (κ2) is 6.07. The van der Waals surface area contributed by atoms with Crippen LogP contribution in [0.4, 0.5) is 19.1 Å². The smallest absolute Gasteiger partial charge is 0.346 e. The van der Waals surface area contributed by atoms with Gasteiger partial charge in [0.1, 0.15) is 5.69 Å². The summed E-state index contributed by atoms with van der Waals surface area (Å²) in [6.07, 6.45) is -1.76. The number of nitrogens with one attached hydrogen (secondary N) is 1. The van der Waals surface area contributed by atoms with Crippen LogP contribution in [0.1, 0.15) is 31.3 Å². The van der Waals surface area contributed by atoms with Gasteiger partial charge in [-0.05, 0) is 24.1 Å². The summed E-state index contributed by atoms with van der Waals surface area (Å²) in [6.45, 7) is 3.89. The van der Waals surface area contributed by atoms with Crippen molar-refractivity contribution in [3.05, 3.63) is 48.0 Å². The number of pyridine rings is 1. The summed E-state index contributed by atoms with van der Waals surface area (Å²) in [5, 5.41) is 2.92. The molecule has 1 atom stereocenters. The van der Waals surface area contributed by atoms with Crippen molar-refractivity contribution in [3.8, 4) is 0 Å². The van der Waals surface area contributed by atoms with Crippen LogP contribution < -0.4 is 5.32 Å². The second-order valence-electron chi connectivity index (χ2n) is 4.88. The van der Waals surface area contributed by atoms with E-state index in [-0.39, 0.29) is 17.9 Å². The number of aromatic nitrogens is 3. The number of anilines is 1. The molecule has 0 unspecified atom stereocenters. The van der Waals surface area contributed by atoms with E-state index in [2.05, 4.69) is 20.3 Å². The van der Waals surface area contributed by atoms with Crippen molar-refractivity contribution < 1.29 is 13.2 Å². The van der Waals surface area contributed by atoms with Crippen LogP contribution in [-0.4, -0.2) is 15.0 Å². The third kappa shape index (κ3) is 3.90. The molecule has 21 heavy (non-hydrogen) atoms. The zero-order valence-electron chi connectivity index (χ0n) is 11.6. The Kier molecular flexibility index (Phi) is 4.40. The lowest BCUT2D eigenvalue weighted by Gasteiger charge is -2.22. The fourth-order valence-corrected chi connectivity index (χ4v) is 1.87. The zero-order chi connectivity index (χ0) is 15.5. The maximum Gasteiger partial charge on any atom is 0.433 e. The standard InChI is InChI=1S/C14H15F3N4/c1-9(2)12(10-5-3-4-7-18-10)21-13-19-8-6-11(20-13)14(15,16)17/h3-9,12H,1-2H3,(H,19,20,21)/t12-/m0/s1. The molecule has 0 saturated carbocycles. The van der Waals surface area contributed by atoms with Crippen molar-refractivity contribution in [1.82, 2.24) is 15.0 Å². The average molecular weight is 296 g/mol. The van der Waals surface area contributed by atoms with Gasteiger partial charge >= 0.3 is 6.18 Å². The number of hydrogen-bond donors (Lipinski definition) is 1. The molecule has 2 heterocycles. The Bertz CT molecular complexity index is 584. The van der Waals surface area contributed by atoms with Gasteiger partial charge in [-0.1, -0.05) is 19.9 Å². The quantitative estimate of drug-likeness (QED) is 0.934. The predicted molar refractivity (Wildman–Crippen MR) is 72.5 cm³/mol. The Labute approximate surface area is 120 Å². The first-order chi connectivity index (χ1) is 9.88. The summed E-state index contributed by atoms with van der Waals surface area (Å²) in [5.41, 5.74) is -0.239. The monoisotopic (exact) mass is 296 g/mol. The predicted octanol–water partition coefficient (Wildman–Crippen LogP) is 3.70.